The van der Waals surface area contributed by atoms with E-state index in [0.29, 0.717) is 22.5 Å². The number of hydrogen-bond acceptors (Lipinski definition) is 7. The van der Waals surface area contributed by atoms with Gasteiger partial charge in [-0.1, -0.05) is 47.1 Å². The van der Waals surface area contributed by atoms with Crippen molar-refractivity contribution >= 4 is 11.6 Å². The number of nitrogens with zero attached hydrogens (tertiary/aromatic N) is 4. The third-order valence-corrected chi connectivity index (χ3v) is 5.96. The normalized spacial score (nSPS) is 17.9. The summed E-state index contributed by atoms with van der Waals surface area (Å²) in [7, 11) is 0. The van der Waals surface area contributed by atoms with Crippen LogP contribution in [0.5, 0.6) is 11.5 Å². The van der Waals surface area contributed by atoms with Crippen molar-refractivity contribution in [2.24, 2.45) is 0 Å². The van der Waals surface area contributed by atoms with E-state index < -0.39 is 0 Å². The van der Waals surface area contributed by atoms with Gasteiger partial charge in [-0.15, -0.1) is 0 Å². The Balaban J connectivity index is 1.19. The quantitative estimate of drug-likeness (QED) is 0.611. The Kier molecular flexibility index (Phi) is 5.33. The maximum atomic E-state index is 6.32. The first kappa shape index (κ1) is 19.4. The van der Waals surface area contributed by atoms with Crippen LogP contribution in [0, 0.1) is 0 Å². The van der Waals surface area contributed by atoms with E-state index >= 15 is 0 Å². The lowest BCUT2D eigenvalue weighted by molar-refractivity contribution is 0.0845. The van der Waals surface area contributed by atoms with E-state index in [1.165, 1.54) is 0 Å². The minimum atomic E-state index is 0.0806. The molecule has 7 nitrogen and oxygen atoms in total. The highest BCUT2D eigenvalue weighted by Gasteiger charge is 2.26. The third kappa shape index (κ3) is 3.88. The summed E-state index contributed by atoms with van der Waals surface area (Å²) in [6.45, 7) is 6.96. The largest absolute Gasteiger partial charge is 0.454 e. The van der Waals surface area contributed by atoms with Crippen molar-refractivity contribution in [3.63, 3.8) is 0 Å². The number of halogens is 1. The second-order valence-electron chi connectivity index (χ2n) is 7.62. The van der Waals surface area contributed by atoms with Gasteiger partial charge >= 0.3 is 0 Å². The van der Waals surface area contributed by atoms with Gasteiger partial charge in [0.05, 0.1) is 11.1 Å². The van der Waals surface area contributed by atoms with E-state index in [2.05, 4.69) is 26.9 Å². The minimum Gasteiger partial charge on any atom is -0.454 e. The first-order valence-corrected chi connectivity index (χ1v) is 10.5. The van der Waals surface area contributed by atoms with Gasteiger partial charge in [0.15, 0.2) is 11.5 Å². The molecule has 1 aromatic heterocycles. The second kappa shape index (κ2) is 8.26. The topological polar surface area (TPSA) is 63.9 Å². The zero-order valence-electron chi connectivity index (χ0n) is 16.8. The van der Waals surface area contributed by atoms with Crippen LogP contribution >= 0.6 is 11.6 Å². The van der Waals surface area contributed by atoms with Gasteiger partial charge < -0.3 is 14.0 Å². The molecular weight excluding hydrogens is 404 g/mol. The number of piperazine rings is 1. The third-order valence-electron chi connectivity index (χ3n) is 5.68. The molecule has 0 spiro atoms. The number of aromatic nitrogens is 2. The molecule has 0 amide bonds. The van der Waals surface area contributed by atoms with Crippen LogP contribution in [0.15, 0.2) is 47.0 Å². The first-order valence-electron chi connectivity index (χ1n) is 10.1. The smallest absolute Gasteiger partial charge is 0.244 e. The van der Waals surface area contributed by atoms with Crippen molar-refractivity contribution in [3.8, 4) is 22.9 Å². The summed E-state index contributed by atoms with van der Waals surface area (Å²) in [5, 5.41) is 4.76. The summed E-state index contributed by atoms with van der Waals surface area (Å²) < 4.78 is 16.4. The molecular formula is C22H23ClN4O3. The van der Waals surface area contributed by atoms with E-state index in [4.69, 9.17) is 25.6 Å². The van der Waals surface area contributed by atoms with Crippen molar-refractivity contribution in [1.82, 2.24) is 19.9 Å². The summed E-state index contributed by atoms with van der Waals surface area (Å²) in [4.78, 5) is 9.41. The van der Waals surface area contributed by atoms with Crippen LogP contribution in [0.1, 0.15) is 24.4 Å². The van der Waals surface area contributed by atoms with Crippen molar-refractivity contribution in [2.75, 3.05) is 33.0 Å². The molecule has 2 aliphatic rings. The Morgan fingerprint density at radius 3 is 2.67 bits per heavy atom. The van der Waals surface area contributed by atoms with E-state index in [1.54, 1.807) is 0 Å². The Bertz CT molecular complexity index is 1020. The summed E-state index contributed by atoms with van der Waals surface area (Å²) >= 11 is 6.32. The van der Waals surface area contributed by atoms with Gasteiger partial charge in [0, 0.05) is 38.3 Å². The molecule has 0 bridgehead atoms. The summed E-state index contributed by atoms with van der Waals surface area (Å²) in [5.41, 5.74) is 2.10. The predicted molar refractivity (Wildman–Crippen MR) is 113 cm³/mol. The van der Waals surface area contributed by atoms with E-state index in [1.807, 2.05) is 42.5 Å². The lowest BCUT2D eigenvalue weighted by atomic mass is 10.1. The van der Waals surface area contributed by atoms with Gasteiger partial charge in [-0.05, 0) is 24.6 Å². The highest BCUT2D eigenvalue weighted by Crippen LogP contribution is 2.40. The summed E-state index contributed by atoms with van der Waals surface area (Å²) in [6.07, 6.45) is 0. The van der Waals surface area contributed by atoms with E-state index in [-0.39, 0.29) is 12.8 Å². The Morgan fingerprint density at radius 1 is 1.07 bits per heavy atom. The highest BCUT2D eigenvalue weighted by molar-refractivity contribution is 6.32. The lowest BCUT2D eigenvalue weighted by Gasteiger charge is -2.36. The molecule has 30 heavy (non-hydrogen) atoms. The molecule has 1 unspecified atom stereocenters. The molecule has 0 N–H and O–H groups in total. The SMILES string of the molecule is CC(c1nc(-c2ccccc2)no1)N1CCN(Cc2cc(Cl)c3c(c2)OCO3)CC1. The molecule has 3 heterocycles. The Morgan fingerprint density at radius 2 is 1.87 bits per heavy atom. The first-order chi connectivity index (χ1) is 14.7. The number of ether oxygens (including phenoxy) is 2. The molecule has 2 aromatic carbocycles. The maximum absolute atomic E-state index is 6.32. The average Bonchev–Trinajstić information content (AvgIpc) is 3.45. The van der Waals surface area contributed by atoms with Crippen LogP contribution in [-0.4, -0.2) is 52.9 Å². The van der Waals surface area contributed by atoms with Crippen molar-refractivity contribution < 1.29 is 14.0 Å². The van der Waals surface area contributed by atoms with Crippen LogP contribution in [0.25, 0.3) is 11.4 Å². The van der Waals surface area contributed by atoms with Gasteiger partial charge in [0.2, 0.25) is 18.5 Å². The zero-order chi connectivity index (χ0) is 20.5. The molecule has 3 aromatic rings. The number of benzene rings is 2. The van der Waals surface area contributed by atoms with Crippen molar-refractivity contribution in [1.29, 1.82) is 0 Å². The number of rotatable bonds is 5. The molecule has 5 rings (SSSR count). The van der Waals surface area contributed by atoms with Gasteiger partial charge in [-0.25, -0.2) is 0 Å². The van der Waals surface area contributed by atoms with Crippen LogP contribution in [-0.2, 0) is 6.54 Å². The second-order valence-corrected chi connectivity index (χ2v) is 8.03. The fourth-order valence-electron chi connectivity index (χ4n) is 3.94. The summed E-state index contributed by atoms with van der Waals surface area (Å²) in [6, 6.07) is 14.0. The van der Waals surface area contributed by atoms with Crippen LogP contribution in [0.2, 0.25) is 5.02 Å². The minimum absolute atomic E-state index is 0.0806. The molecule has 1 fully saturated rings. The Labute approximate surface area is 180 Å². The van der Waals surface area contributed by atoms with Crippen molar-refractivity contribution in [3.05, 3.63) is 58.9 Å². The Hall–Kier alpha value is -2.61. The number of hydrogen-bond donors (Lipinski definition) is 0. The monoisotopic (exact) mass is 426 g/mol. The number of fused-ring (bicyclic) bond motifs is 1. The molecule has 0 saturated carbocycles. The molecule has 0 radical (unpaired) electrons. The predicted octanol–water partition coefficient (Wildman–Crippen LogP) is 4.00. The van der Waals surface area contributed by atoms with Gasteiger partial charge in [0.25, 0.3) is 0 Å². The van der Waals surface area contributed by atoms with E-state index in [0.717, 1.165) is 49.6 Å². The van der Waals surface area contributed by atoms with Crippen LogP contribution < -0.4 is 9.47 Å². The fourth-order valence-corrected chi connectivity index (χ4v) is 4.23. The fraction of sp³-hybridized carbons (Fsp3) is 0.364. The molecule has 0 aliphatic carbocycles. The average molecular weight is 427 g/mol. The molecule has 1 atom stereocenters. The van der Waals surface area contributed by atoms with E-state index in [9.17, 15) is 0 Å². The van der Waals surface area contributed by atoms with Crippen molar-refractivity contribution in [2.45, 2.75) is 19.5 Å². The molecule has 8 heteroatoms. The zero-order valence-corrected chi connectivity index (χ0v) is 17.5. The van der Waals surface area contributed by atoms with Gasteiger partial charge in [-0.2, -0.15) is 4.98 Å². The standard InChI is InChI=1S/C22H23ClN4O3/c1-15(22-24-21(25-30-22)17-5-3-2-4-6-17)27-9-7-26(8-10-27)13-16-11-18(23)20-19(12-16)28-14-29-20/h2-6,11-12,15H,7-10,13-14H2,1H3. The highest BCUT2D eigenvalue weighted by atomic mass is 35.5. The van der Waals surface area contributed by atoms with Crippen LogP contribution in [0.4, 0.5) is 0 Å². The molecule has 1 saturated heterocycles. The molecule has 2 aliphatic heterocycles. The molecule has 156 valence electrons. The van der Waals surface area contributed by atoms with Crippen LogP contribution in [0.3, 0.4) is 0 Å². The maximum Gasteiger partial charge on any atom is 0.244 e. The lowest BCUT2D eigenvalue weighted by Crippen LogP contribution is -2.46. The van der Waals surface area contributed by atoms with Gasteiger partial charge in [-0.3, -0.25) is 9.80 Å². The van der Waals surface area contributed by atoms with Gasteiger partial charge in [0.1, 0.15) is 0 Å². The summed E-state index contributed by atoms with van der Waals surface area (Å²) in [5.74, 6) is 2.67.